The SMILES string of the molecule is Cc1cc(N2c3ccccc3C(c3ccccc3)(c3cc4ccccc4c4c3oc3ccccc34)c3ccccc32)ccc1-c1nc(-c2ccccc2)nc(-c2ccccc2)n1. The average Bonchev–Trinajstić information content (AvgIpc) is 3.74. The van der Waals surface area contributed by atoms with E-state index in [2.05, 4.69) is 163 Å². The van der Waals surface area contributed by atoms with Gasteiger partial charge in [-0.25, -0.2) is 15.0 Å². The zero-order valence-electron chi connectivity index (χ0n) is 33.9. The molecule has 0 radical (unpaired) electrons. The number of aromatic nitrogens is 3. The molecule has 1 aliphatic heterocycles. The van der Waals surface area contributed by atoms with Crippen LogP contribution in [0.3, 0.4) is 0 Å². The standard InChI is InChI=1S/C57H38N4O/c1-37-35-42(33-34-43(37)56-59-54(38-19-5-2-6-20-38)58-55(60-56)39-21-7-3-8-22-39)61-49-30-16-14-28-46(49)57(41-24-9-4-10-25-41,47-29-15-17-31-50(47)61)48-36-40-23-11-12-26-44(40)52-45-27-13-18-32-51(45)62-53(48)52/h2-36H,1H3. The summed E-state index contributed by atoms with van der Waals surface area (Å²) >= 11 is 0. The normalized spacial score (nSPS) is 13.0. The zero-order valence-corrected chi connectivity index (χ0v) is 33.9. The van der Waals surface area contributed by atoms with E-state index in [9.17, 15) is 0 Å². The van der Waals surface area contributed by atoms with Crippen molar-refractivity contribution in [1.29, 1.82) is 0 Å². The first-order chi connectivity index (χ1) is 30.7. The van der Waals surface area contributed by atoms with Crippen molar-refractivity contribution in [2.75, 3.05) is 4.90 Å². The molecule has 5 heteroatoms. The van der Waals surface area contributed by atoms with Gasteiger partial charge in [-0.05, 0) is 82.4 Å². The van der Waals surface area contributed by atoms with Gasteiger partial charge in [0.05, 0.1) is 16.8 Å². The van der Waals surface area contributed by atoms with Gasteiger partial charge in [-0.3, -0.25) is 0 Å². The Hall–Kier alpha value is -8.15. The van der Waals surface area contributed by atoms with Crippen LogP contribution in [-0.4, -0.2) is 15.0 Å². The van der Waals surface area contributed by atoms with Gasteiger partial charge in [0.1, 0.15) is 11.2 Å². The highest BCUT2D eigenvalue weighted by Crippen LogP contribution is 2.59. The number of aryl methyl sites for hydroxylation is 1. The van der Waals surface area contributed by atoms with E-state index in [1.165, 1.54) is 27.5 Å². The van der Waals surface area contributed by atoms with Crippen LogP contribution in [0.25, 0.3) is 66.9 Å². The molecule has 0 atom stereocenters. The van der Waals surface area contributed by atoms with Gasteiger partial charge in [0, 0.05) is 38.7 Å². The second-order valence-corrected chi connectivity index (χ2v) is 16.0. The predicted octanol–water partition coefficient (Wildman–Crippen LogP) is 14.4. The topological polar surface area (TPSA) is 55.1 Å². The molecule has 0 saturated heterocycles. The Kier molecular flexibility index (Phi) is 8.22. The lowest BCUT2D eigenvalue weighted by atomic mass is 9.62. The molecule has 292 valence electrons. The number of furan rings is 1. The van der Waals surface area contributed by atoms with Crippen LogP contribution in [0.1, 0.15) is 27.8 Å². The van der Waals surface area contributed by atoms with Crippen molar-refractivity contribution >= 4 is 49.8 Å². The summed E-state index contributed by atoms with van der Waals surface area (Å²) in [6.07, 6.45) is 0. The molecule has 0 amide bonds. The Labute approximate surface area is 359 Å². The van der Waals surface area contributed by atoms with Crippen molar-refractivity contribution in [1.82, 2.24) is 15.0 Å². The number of anilines is 3. The minimum atomic E-state index is -0.747. The van der Waals surface area contributed by atoms with Gasteiger partial charge in [-0.2, -0.15) is 0 Å². The van der Waals surface area contributed by atoms with Gasteiger partial charge in [-0.15, -0.1) is 0 Å². The van der Waals surface area contributed by atoms with Gasteiger partial charge >= 0.3 is 0 Å². The predicted molar refractivity (Wildman–Crippen MR) is 252 cm³/mol. The molecule has 0 aliphatic carbocycles. The van der Waals surface area contributed by atoms with Crippen LogP contribution in [-0.2, 0) is 5.41 Å². The summed E-state index contributed by atoms with van der Waals surface area (Å²) in [6.45, 7) is 2.15. The Morgan fingerprint density at radius 2 is 0.984 bits per heavy atom. The van der Waals surface area contributed by atoms with E-state index in [0.717, 1.165) is 66.8 Å². The number of rotatable bonds is 6. The fourth-order valence-electron chi connectivity index (χ4n) is 9.79. The third-order valence-corrected chi connectivity index (χ3v) is 12.5. The first kappa shape index (κ1) is 35.8. The highest BCUT2D eigenvalue weighted by molar-refractivity contribution is 6.20. The van der Waals surface area contributed by atoms with E-state index in [1.54, 1.807) is 0 Å². The van der Waals surface area contributed by atoms with Gasteiger partial charge in [0.15, 0.2) is 17.5 Å². The van der Waals surface area contributed by atoms with Gasteiger partial charge in [0.2, 0.25) is 0 Å². The summed E-state index contributed by atoms with van der Waals surface area (Å²) < 4.78 is 7.05. The second-order valence-electron chi connectivity index (χ2n) is 16.0. The van der Waals surface area contributed by atoms with Gasteiger partial charge < -0.3 is 9.32 Å². The molecule has 11 aromatic rings. The number of nitrogens with zero attached hydrogens (tertiary/aromatic N) is 4. The summed E-state index contributed by atoms with van der Waals surface area (Å²) in [4.78, 5) is 17.5. The Morgan fingerprint density at radius 1 is 0.452 bits per heavy atom. The molecule has 9 aromatic carbocycles. The Balaban J connectivity index is 1.09. The Bertz CT molecular complexity index is 3380. The molecule has 62 heavy (non-hydrogen) atoms. The molecule has 0 bridgehead atoms. The molecule has 0 spiro atoms. The molecular weight excluding hydrogens is 757 g/mol. The number of fused-ring (bicyclic) bond motifs is 7. The third kappa shape index (κ3) is 5.45. The fourth-order valence-corrected chi connectivity index (χ4v) is 9.79. The van der Waals surface area contributed by atoms with Crippen LogP contribution in [0.5, 0.6) is 0 Å². The maximum Gasteiger partial charge on any atom is 0.164 e. The highest BCUT2D eigenvalue weighted by atomic mass is 16.3. The van der Waals surface area contributed by atoms with E-state index in [1.807, 2.05) is 60.7 Å². The monoisotopic (exact) mass is 794 g/mol. The third-order valence-electron chi connectivity index (χ3n) is 12.5. The van der Waals surface area contributed by atoms with E-state index in [0.29, 0.717) is 17.5 Å². The van der Waals surface area contributed by atoms with Crippen LogP contribution < -0.4 is 4.90 Å². The molecule has 0 N–H and O–H groups in total. The Morgan fingerprint density at radius 3 is 1.63 bits per heavy atom. The largest absolute Gasteiger partial charge is 0.456 e. The number of benzene rings is 9. The second kappa shape index (κ2) is 14.3. The lowest BCUT2D eigenvalue weighted by Crippen LogP contribution is -2.37. The van der Waals surface area contributed by atoms with E-state index < -0.39 is 5.41 Å². The maximum atomic E-state index is 7.05. The summed E-state index contributed by atoms with van der Waals surface area (Å²) in [5, 5.41) is 4.60. The molecule has 1 aliphatic rings. The highest BCUT2D eigenvalue weighted by Gasteiger charge is 2.48. The van der Waals surface area contributed by atoms with Crippen molar-refractivity contribution in [3.8, 4) is 34.2 Å². The molecule has 0 fully saturated rings. The molecule has 3 heterocycles. The van der Waals surface area contributed by atoms with Crippen LogP contribution in [0.15, 0.2) is 217 Å². The lowest BCUT2D eigenvalue weighted by Gasteiger charge is -2.46. The van der Waals surface area contributed by atoms with E-state index >= 15 is 0 Å². The fraction of sp³-hybridized carbons (Fsp3) is 0.0351. The van der Waals surface area contributed by atoms with Crippen molar-refractivity contribution < 1.29 is 4.42 Å². The first-order valence-corrected chi connectivity index (χ1v) is 21.0. The molecule has 0 saturated carbocycles. The van der Waals surface area contributed by atoms with Crippen molar-refractivity contribution in [3.63, 3.8) is 0 Å². The quantitative estimate of drug-likeness (QED) is 0.168. The molecule has 0 unspecified atom stereocenters. The number of hydrogen-bond donors (Lipinski definition) is 0. The molecule has 2 aromatic heterocycles. The van der Waals surface area contributed by atoms with E-state index in [-0.39, 0.29) is 0 Å². The van der Waals surface area contributed by atoms with Crippen LogP contribution in [0, 0.1) is 6.92 Å². The van der Waals surface area contributed by atoms with Crippen LogP contribution >= 0.6 is 0 Å². The van der Waals surface area contributed by atoms with Crippen LogP contribution in [0.2, 0.25) is 0 Å². The molecular formula is C57H38N4O. The number of para-hydroxylation sites is 3. The van der Waals surface area contributed by atoms with Gasteiger partial charge in [-0.1, -0.05) is 170 Å². The minimum absolute atomic E-state index is 0.635. The van der Waals surface area contributed by atoms with Crippen LogP contribution in [0.4, 0.5) is 17.1 Å². The number of hydrogen-bond acceptors (Lipinski definition) is 5. The van der Waals surface area contributed by atoms with Gasteiger partial charge in [0.25, 0.3) is 0 Å². The van der Waals surface area contributed by atoms with Crippen molar-refractivity contribution in [2.45, 2.75) is 12.3 Å². The lowest BCUT2D eigenvalue weighted by molar-refractivity contribution is 0.644. The summed E-state index contributed by atoms with van der Waals surface area (Å²) in [7, 11) is 0. The minimum Gasteiger partial charge on any atom is -0.456 e. The maximum absolute atomic E-state index is 7.05. The smallest absolute Gasteiger partial charge is 0.164 e. The molecule has 12 rings (SSSR count). The van der Waals surface area contributed by atoms with E-state index in [4.69, 9.17) is 19.4 Å². The van der Waals surface area contributed by atoms with Crippen molar-refractivity contribution in [2.24, 2.45) is 0 Å². The first-order valence-electron chi connectivity index (χ1n) is 21.0. The zero-order chi connectivity index (χ0) is 41.2. The summed E-state index contributed by atoms with van der Waals surface area (Å²) in [6, 6.07) is 75.1. The average molecular weight is 795 g/mol. The summed E-state index contributed by atoms with van der Waals surface area (Å²) in [5.41, 5.74) is 12.8. The van der Waals surface area contributed by atoms with Crippen molar-refractivity contribution in [3.05, 3.63) is 240 Å². The molecule has 5 nitrogen and oxygen atoms in total. The summed E-state index contributed by atoms with van der Waals surface area (Å²) in [5.74, 6) is 1.91.